The zero-order chi connectivity index (χ0) is 33.9. The second kappa shape index (κ2) is 11.6. The van der Waals surface area contributed by atoms with Gasteiger partial charge in [-0.2, -0.15) is 0 Å². The molecule has 3 aromatic carbocycles. The van der Waals surface area contributed by atoms with Crippen molar-refractivity contribution in [1.29, 1.82) is 0 Å². The number of nitrogens with zero attached hydrogens (tertiary/aromatic N) is 1. The average Bonchev–Trinajstić information content (AvgIpc) is 3.75. The highest BCUT2D eigenvalue weighted by Gasteiger charge is 2.33. The van der Waals surface area contributed by atoms with Gasteiger partial charge >= 0.3 is 0 Å². The number of aromatic nitrogens is 1. The maximum Gasteiger partial charge on any atom is 0.200 e. The number of benzene rings is 3. The molecule has 17 heteroatoms. The van der Waals surface area contributed by atoms with Gasteiger partial charge < -0.3 is 4.98 Å². The quantitative estimate of drug-likeness (QED) is 0.0952. The molecule has 0 saturated carbocycles. The molecular formula is C29H7F15N2. The van der Waals surface area contributed by atoms with Crippen molar-refractivity contribution >= 4 is 23.4 Å². The normalized spacial score (nSPS) is 14.2. The number of aliphatic imine (C=N–C) groups is 1. The van der Waals surface area contributed by atoms with Gasteiger partial charge in [0.2, 0.25) is 17.5 Å². The number of rotatable bonds is 5. The second-order valence-corrected chi connectivity index (χ2v) is 9.11. The van der Waals surface area contributed by atoms with Gasteiger partial charge in [0.25, 0.3) is 0 Å². The first-order valence-electron chi connectivity index (χ1n) is 12.0. The van der Waals surface area contributed by atoms with Crippen LogP contribution in [0.25, 0.3) is 17.2 Å². The molecule has 238 valence electrons. The molecule has 0 unspecified atom stereocenters. The number of aromatic amines is 1. The summed E-state index contributed by atoms with van der Waals surface area (Å²) in [5.74, 6) is -38.5. The Bertz CT molecular complexity index is 2000. The highest BCUT2D eigenvalue weighted by molar-refractivity contribution is 5.93. The van der Waals surface area contributed by atoms with E-state index < -0.39 is 132 Å². The van der Waals surface area contributed by atoms with E-state index in [4.69, 9.17) is 0 Å². The third-order valence-electron chi connectivity index (χ3n) is 6.53. The van der Waals surface area contributed by atoms with Crippen molar-refractivity contribution in [3.05, 3.63) is 145 Å². The van der Waals surface area contributed by atoms with Gasteiger partial charge in [-0.15, -0.1) is 0 Å². The Morgan fingerprint density at radius 3 is 1.30 bits per heavy atom. The Kier molecular flexibility index (Phi) is 8.12. The summed E-state index contributed by atoms with van der Waals surface area (Å²) in [5.41, 5.74) is -10.2. The Morgan fingerprint density at radius 1 is 0.478 bits per heavy atom. The topological polar surface area (TPSA) is 28.1 Å². The standard InChI is InChI=1S/C29H7F15N2/c30-15-8(16(31)22(37)27(42)21(15)36)6-7(12-17(32)23(38)28(43)24(39)18(12)33)9-3-4-11(46-9)13(10-2-1-5-45-10)14-19(34)25(40)29(44)26(41)20(14)35/h1-6,46H/b7-6+,13-10-. The summed E-state index contributed by atoms with van der Waals surface area (Å²) in [6.45, 7) is 0. The highest BCUT2D eigenvalue weighted by atomic mass is 19.2. The molecule has 1 N–H and O–H groups in total. The summed E-state index contributed by atoms with van der Waals surface area (Å²) in [5, 5.41) is 0. The van der Waals surface area contributed by atoms with E-state index in [1.54, 1.807) is 0 Å². The summed E-state index contributed by atoms with van der Waals surface area (Å²) in [6, 6.07) is 1.29. The summed E-state index contributed by atoms with van der Waals surface area (Å²) >= 11 is 0. The summed E-state index contributed by atoms with van der Waals surface area (Å²) < 4.78 is 215. The average molecular weight is 668 g/mol. The fraction of sp³-hybridized carbons (Fsp3) is 0. The van der Waals surface area contributed by atoms with Gasteiger partial charge in [-0.3, -0.25) is 4.99 Å². The fourth-order valence-electron chi connectivity index (χ4n) is 4.39. The van der Waals surface area contributed by atoms with Crippen LogP contribution in [0.4, 0.5) is 65.9 Å². The number of H-pyrrole nitrogens is 1. The van der Waals surface area contributed by atoms with Gasteiger partial charge in [-0.25, -0.2) is 65.9 Å². The van der Waals surface area contributed by atoms with E-state index in [2.05, 4.69) is 9.98 Å². The molecule has 2 heterocycles. The van der Waals surface area contributed by atoms with Crippen molar-refractivity contribution in [2.75, 3.05) is 0 Å². The van der Waals surface area contributed by atoms with Crippen LogP contribution in [0, 0.1) is 87.3 Å². The van der Waals surface area contributed by atoms with Crippen LogP contribution in [-0.4, -0.2) is 11.2 Å². The van der Waals surface area contributed by atoms with Crippen molar-refractivity contribution in [1.82, 2.24) is 4.98 Å². The van der Waals surface area contributed by atoms with Gasteiger partial charge in [0.15, 0.2) is 69.8 Å². The molecule has 0 bridgehead atoms. The van der Waals surface area contributed by atoms with E-state index in [1.165, 1.54) is 0 Å². The van der Waals surface area contributed by atoms with E-state index in [-0.39, 0.29) is 6.08 Å². The van der Waals surface area contributed by atoms with Crippen LogP contribution in [0.2, 0.25) is 0 Å². The van der Waals surface area contributed by atoms with Crippen LogP contribution in [0.1, 0.15) is 28.1 Å². The Balaban J connectivity index is 1.87. The van der Waals surface area contributed by atoms with E-state index in [0.717, 1.165) is 18.4 Å². The van der Waals surface area contributed by atoms with Gasteiger partial charge in [-0.1, -0.05) is 0 Å². The minimum Gasteiger partial charge on any atom is -0.354 e. The molecule has 0 fully saturated rings. The molecule has 0 radical (unpaired) electrons. The lowest BCUT2D eigenvalue weighted by Crippen LogP contribution is -2.09. The molecule has 0 atom stereocenters. The first kappa shape index (κ1) is 32.2. The Morgan fingerprint density at radius 2 is 0.870 bits per heavy atom. The minimum absolute atomic E-state index is 0.191. The maximum atomic E-state index is 14.9. The summed E-state index contributed by atoms with van der Waals surface area (Å²) in [4.78, 5) is 5.82. The Labute approximate surface area is 245 Å². The van der Waals surface area contributed by atoms with Crippen molar-refractivity contribution < 1.29 is 65.9 Å². The smallest absolute Gasteiger partial charge is 0.200 e. The predicted molar refractivity (Wildman–Crippen MR) is 130 cm³/mol. The van der Waals surface area contributed by atoms with Gasteiger partial charge in [0, 0.05) is 28.7 Å². The molecule has 2 nitrogen and oxygen atoms in total. The molecule has 1 aliphatic heterocycles. The van der Waals surface area contributed by atoms with E-state index >= 15 is 0 Å². The van der Waals surface area contributed by atoms with Crippen LogP contribution in [0.5, 0.6) is 0 Å². The molecule has 46 heavy (non-hydrogen) atoms. The molecule has 1 aromatic heterocycles. The maximum absolute atomic E-state index is 14.9. The van der Waals surface area contributed by atoms with Crippen LogP contribution >= 0.6 is 0 Å². The van der Waals surface area contributed by atoms with E-state index in [0.29, 0.717) is 12.1 Å². The number of nitrogens with one attached hydrogen (secondary N) is 1. The number of hydrogen-bond donors (Lipinski definition) is 1. The van der Waals surface area contributed by atoms with E-state index in [1.807, 2.05) is 0 Å². The number of hydrogen-bond acceptors (Lipinski definition) is 1. The lowest BCUT2D eigenvalue weighted by Gasteiger charge is -2.14. The SMILES string of the molecule is Fc1c(F)c(F)c(/C=C(\c2ccc(/C(=C3\C=CC=N3)c3c(F)c(F)c(F)c(F)c3F)[nH]2)c2c(F)c(F)c(F)c(F)c2F)c(F)c1F. The molecule has 0 aliphatic carbocycles. The minimum atomic E-state index is -2.70. The van der Waals surface area contributed by atoms with Crippen LogP contribution in [0.15, 0.2) is 35.0 Å². The Hall–Kier alpha value is -5.22. The third-order valence-corrected chi connectivity index (χ3v) is 6.53. The molecular weight excluding hydrogens is 661 g/mol. The zero-order valence-corrected chi connectivity index (χ0v) is 21.6. The molecule has 1 aliphatic rings. The second-order valence-electron chi connectivity index (χ2n) is 9.11. The lowest BCUT2D eigenvalue weighted by atomic mass is 9.97. The van der Waals surface area contributed by atoms with Gasteiger partial charge in [-0.05, 0) is 30.4 Å². The molecule has 0 spiro atoms. The summed E-state index contributed by atoms with van der Waals surface area (Å²) in [6.07, 6.45) is 2.93. The molecule has 0 amide bonds. The molecule has 5 rings (SSSR count). The first-order valence-corrected chi connectivity index (χ1v) is 12.0. The predicted octanol–water partition coefficient (Wildman–Crippen LogP) is 9.09. The first-order chi connectivity index (χ1) is 21.6. The monoisotopic (exact) mass is 668 g/mol. The lowest BCUT2D eigenvalue weighted by molar-refractivity contribution is 0.376. The number of allylic oxidation sites excluding steroid dienone is 2. The van der Waals surface area contributed by atoms with Crippen LogP contribution in [-0.2, 0) is 0 Å². The van der Waals surface area contributed by atoms with Gasteiger partial charge in [0.05, 0.1) is 22.4 Å². The zero-order valence-electron chi connectivity index (χ0n) is 21.6. The van der Waals surface area contributed by atoms with Crippen molar-refractivity contribution in [3.8, 4) is 0 Å². The fourth-order valence-corrected chi connectivity index (χ4v) is 4.39. The highest BCUT2D eigenvalue weighted by Crippen LogP contribution is 2.39. The van der Waals surface area contributed by atoms with Crippen molar-refractivity contribution in [3.63, 3.8) is 0 Å². The van der Waals surface area contributed by atoms with Crippen LogP contribution in [0.3, 0.4) is 0 Å². The van der Waals surface area contributed by atoms with E-state index in [9.17, 15) is 65.9 Å². The van der Waals surface area contributed by atoms with Crippen molar-refractivity contribution in [2.45, 2.75) is 0 Å². The number of halogens is 15. The van der Waals surface area contributed by atoms with Crippen molar-refractivity contribution in [2.24, 2.45) is 4.99 Å². The molecule has 0 saturated heterocycles. The summed E-state index contributed by atoms with van der Waals surface area (Å²) in [7, 11) is 0. The van der Waals surface area contributed by atoms with Crippen LogP contribution < -0.4 is 0 Å². The third kappa shape index (κ3) is 4.85. The molecule has 4 aromatic rings. The van der Waals surface area contributed by atoms with Gasteiger partial charge in [0.1, 0.15) is 0 Å². The largest absolute Gasteiger partial charge is 0.354 e.